The largest absolute Gasteiger partial charge is 0.439 e. The van der Waals surface area contributed by atoms with Crippen LogP contribution in [0.2, 0.25) is 0 Å². The molecule has 2 rings (SSSR count). The van der Waals surface area contributed by atoms with E-state index in [1.54, 1.807) is 6.20 Å². The Labute approximate surface area is 99.2 Å². The normalized spacial score (nSPS) is 10.9. The van der Waals surface area contributed by atoms with Crippen molar-refractivity contribution in [1.82, 2.24) is 14.8 Å². The van der Waals surface area contributed by atoms with E-state index >= 15 is 0 Å². The van der Waals surface area contributed by atoms with Crippen LogP contribution in [0.15, 0.2) is 16.7 Å². The number of hydrogen-bond acceptors (Lipinski definition) is 3. The molecular formula is C11H14ClN3O. The molecule has 0 saturated heterocycles. The van der Waals surface area contributed by atoms with Gasteiger partial charge < -0.3 is 4.42 Å². The molecule has 2 aromatic rings. The van der Waals surface area contributed by atoms with Crippen LogP contribution < -0.4 is 0 Å². The average Bonchev–Trinajstić information content (AvgIpc) is 2.85. The van der Waals surface area contributed by atoms with Gasteiger partial charge in [0.2, 0.25) is 0 Å². The summed E-state index contributed by atoms with van der Waals surface area (Å²) >= 11 is 5.64. The van der Waals surface area contributed by atoms with Gasteiger partial charge in [-0.3, -0.25) is 4.68 Å². The Hall–Kier alpha value is -1.29. The Morgan fingerprint density at radius 1 is 1.50 bits per heavy atom. The summed E-state index contributed by atoms with van der Waals surface area (Å²) in [6, 6.07) is 1.99. The number of rotatable bonds is 4. The Bertz CT molecular complexity index is 475. The molecule has 2 aromatic heterocycles. The lowest BCUT2D eigenvalue weighted by Crippen LogP contribution is -1.98. The fourth-order valence-corrected chi connectivity index (χ4v) is 1.77. The first-order valence-corrected chi connectivity index (χ1v) is 5.83. The summed E-state index contributed by atoms with van der Waals surface area (Å²) in [5, 5.41) is 4.36. The van der Waals surface area contributed by atoms with Gasteiger partial charge in [0.05, 0.1) is 11.9 Å². The molecule has 86 valence electrons. The molecule has 0 bridgehead atoms. The van der Waals surface area contributed by atoms with Gasteiger partial charge in [0.15, 0.2) is 11.7 Å². The number of alkyl halides is 1. The van der Waals surface area contributed by atoms with Crippen LogP contribution in [0.4, 0.5) is 0 Å². The highest BCUT2D eigenvalue weighted by molar-refractivity contribution is 6.17. The van der Waals surface area contributed by atoms with Crippen LogP contribution in [0.3, 0.4) is 0 Å². The molecule has 0 aliphatic rings. The highest BCUT2D eigenvalue weighted by atomic mass is 35.5. The molecule has 0 spiro atoms. The smallest absolute Gasteiger partial charge is 0.196 e. The maximum absolute atomic E-state index is 5.64. The van der Waals surface area contributed by atoms with Crippen LogP contribution in [0, 0.1) is 6.92 Å². The second-order valence-electron chi connectivity index (χ2n) is 3.54. The minimum Gasteiger partial charge on any atom is -0.439 e. The van der Waals surface area contributed by atoms with Gasteiger partial charge in [0, 0.05) is 18.8 Å². The zero-order chi connectivity index (χ0) is 11.5. The lowest BCUT2D eigenvalue weighted by Gasteiger charge is -1.99. The quantitative estimate of drug-likeness (QED) is 0.771. The SMILES string of the molecule is CCn1nc(C)cc1-c1cnc(CCCl)o1. The van der Waals surface area contributed by atoms with E-state index < -0.39 is 0 Å². The van der Waals surface area contributed by atoms with Gasteiger partial charge >= 0.3 is 0 Å². The minimum absolute atomic E-state index is 0.520. The van der Waals surface area contributed by atoms with Crippen molar-refractivity contribution < 1.29 is 4.42 Å². The Balaban J connectivity index is 2.34. The third kappa shape index (κ3) is 2.11. The van der Waals surface area contributed by atoms with Gasteiger partial charge in [-0.1, -0.05) is 0 Å². The van der Waals surface area contributed by atoms with Crippen LogP contribution in [0.1, 0.15) is 18.5 Å². The highest BCUT2D eigenvalue weighted by Crippen LogP contribution is 2.21. The van der Waals surface area contributed by atoms with Crippen LogP contribution in [0.25, 0.3) is 11.5 Å². The maximum atomic E-state index is 5.64. The topological polar surface area (TPSA) is 43.9 Å². The van der Waals surface area contributed by atoms with Gasteiger partial charge in [-0.05, 0) is 19.9 Å². The summed E-state index contributed by atoms with van der Waals surface area (Å²) in [6.45, 7) is 4.83. The second kappa shape index (κ2) is 4.70. The van der Waals surface area contributed by atoms with Crippen molar-refractivity contribution in [2.24, 2.45) is 0 Å². The van der Waals surface area contributed by atoms with E-state index in [1.165, 1.54) is 0 Å². The van der Waals surface area contributed by atoms with Crippen LogP contribution in [-0.2, 0) is 13.0 Å². The molecule has 0 amide bonds. The molecule has 2 heterocycles. The standard InChI is InChI=1S/C11H14ClN3O/c1-3-15-9(6-8(2)14-15)10-7-13-11(16-10)4-5-12/h6-7H,3-5H2,1-2H3. The average molecular weight is 240 g/mol. The van der Waals surface area contributed by atoms with E-state index in [0.717, 1.165) is 23.7 Å². The Kier molecular flexibility index (Phi) is 3.29. The maximum Gasteiger partial charge on any atom is 0.196 e. The van der Waals surface area contributed by atoms with Crippen molar-refractivity contribution in [3.8, 4) is 11.5 Å². The van der Waals surface area contributed by atoms with Crippen molar-refractivity contribution in [3.63, 3.8) is 0 Å². The van der Waals surface area contributed by atoms with Gasteiger partial charge in [-0.15, -0.1) is 11.6 Å². The Morgan fingerprint density at radius 2 is 2.31 bits per heavy atom. The molecule has 0 radical (unpaired) electrons. The van der Waals surface area contributed by atoms with Crippen LogP contribution in [-0.4, -0.2) is 20.6 Å². The van der Waals surface area contributed by atoms with Crippen molar-refractivity contribution in [2.75, 3.05) is 5.88 Å². The predicted octanol–water partition coefficient (Wildman–Crippen LogP) is 2.65. The highest BCUT2D eigenvalue weighted by Gasteiger charge is 2.11. The first-order chi connectivity index (χ1) is 7.74. The summed E-state index contributed by atoms with van der Waals surface area (Å²) < 4.78 is 7.51. The number of hydrogen-bond donors (Lipinski definition) is 0. The number of aromatic nitrogens is 3. The first-order valence-electron chi connectivity index (χ1n) is 5.30. The molecule has 0 fully saturated rings. The molecule has 0 aromatic carbocycles. The molecule has 5 heteroatoms. The summed E-state index contributed by atoms with van der Waals surface area (Å²) in [5.41, 5.74) is 1.94. The molecule has 4 nitrogen and oxygen atoms in total. The Morgan fingerprint density at radius 3 is 3.00 bits per heavy atom. The van der Waals surface area contributed by atoms with Crippen molar-refractivity contribution in [2.45, 2.75) is 26.8 Å². The third-order valence-corrected chi connectivity index (χ3v) is 2.51. The zero-order valence-electron chi connectivity index (χ0n) is 9.40. The molecule has 0 unspecified atom stereocenters. The first kappa shape index (κ1) is 11.2. The number of halogens is 1. The molecule has 0 aliphatic heterocycles. The van der Waals surface area contributed by atoms with E-state index in [-0.39, 0.29) is 0 Å². The fraction of sp³-hybridized carbons (Fsp3) is 0.455. The third-order valence-electron chi connectivity index (χ3n) is 2.32. The molecule has 0 N–H and O–H groups in total. The minimum atomic E-state index is 0.520. The van der Waals surface area contributed by atoms with Gasteiger partial charge in [-0.25, -0.2) is 4.98 Å². The molecule has 16 heavy (non-hydrogen) atoms. The van der Waals surface area contributed by atoms with Crippen molar-refractivity contribution in [3.05, 3.63) is 23.8 Å². The van der Waals surface area contributed by atoms with Crippen LogP contribution >= 0.6 is 11.6 Å². The molecular weight excluding hydrogens is 226 g/mol. The van der Waals surface area contributed by atoms with E-state index in [9.17, 15) is 0 Å². The van der Waals surface area contributed by atoms with Crippen molar-refractivity contribution in [1.29, 1.82) is 0 Å². The molecule has 0 atom stereocenters. The fourth-order valence-electron chi connectivity index (χ4n) is 1.61. The predicted molar refractivity (Wildman–Crippen MR) is 62.6 cm³/mol. The van der Waals surface area contributed by atoms with Gasteiger partial charge in [0.25, 0.3) is 0 Å². The summed E-state index contributed by atoms with van der Waals surface area (Å²) in [6.07, 6.45) is 2.38. The summed E-state index contributed by atoms with van der Waals surface area (Å²) in [5.74, 6) is 1.94. The molecule has 0 saturated carbocycles. The zero-order valence-corrected chi connectivity index (χ0v) is 10.2. The number of oxazole rings is 1. The summed E-state index contributed by atoms with van der Waals surface area (Å²) in [7, 11) is 0. The lowest BCUT2D eigenvalue weighted by molar-refractivity contribution is 0.507. The van der Waals surface area contributed by atoms with Gasteiger partial charge in [-0.2, -0.15) is 5.10 Å². The lowest BCUT2D eigenvalue weighted by atomic mass is 10.3. The van der Waals surface area contributed by atoms with E-state index in [4.69, 9.17) is 16.0 Å². The molecule has 0 aliphatic carbocycles. The van der Waals surface area contributed by atoms with E-state index in [0.29, 0.717) is 18.2 Å². The summed E-state index contributed by atoms with van der Waals surface area (Å²) in [4.78, 5) is 4.17. The van der Waals surface area contributed by atoms with E-state index in [2.05, 4.69) is 10.1 Å². The number of nitrogens with zero attached hydrogens (tertiary/aromatic N) is 3. The van der Waals surface area contributed by atoms with Gasteiger partial charge in [0.1, 0.15) is 5.69 Å². The second-order valence-corrected chi connectivity index (χ2v) is 3.92. The number of aryl methyl sites for hydroxylation is 3. The van der Waals surface area contributed by atoms with Crippen LogP contribution in [0.5, 0.6) is 0 Å². The van der Waals surface area contributed by atoms with Crippen molar-refractivity contribution >= 4 is 11.6 Å². The monoisotopic (exact) mass is 239 g/mol. The van der Waals surface area contributed by atoms with E-state index in [1.807, 2.05) is 24.6 Å².